The molecule has 0 saturated heterocycles. The summed E-state index contributed by atoms with van der Waals surface area (Å²) >= 11 is 0. The Balaban J connectivity index is 2.61. The first kappa shape index (κ1) is 14.6. The lowest BCUT2D eigenvalue weighted by Gasteiger charge is -2.37. The first-order chi connectivity index (χ1) is 9.09. The monoisotopic (exact) mass is 263 g/mol. The summed E-state index contributed by atoms with van der Waals surface area (Å²) < 4.78 is 2.62. The third-order valence-corrected chi connectivity index (χ3v) is 4.88. The highest BCUT2D eigenvalue weighted by Crippen LogP contribution is 2.36. The lowest BCUT2D eigenvalue weighted by Crippen LogP contribution is -2.36. The fourth-order valence-electron chi connectivity index (χ4n) is 3.47. The Kier molecular flexibility index (Phi) is 4.34. The molecule has 0 bridgehead atoms. The van der Waals surface area contributed by atoms with Crippen LogP contribution in [-0.4, -0.2) is 16.1 Å². The third kappa shape index (κ3) is 2.33. The molecule has 0 radical (unpaired) electrons. The molecule has 0 saturated carbocycles. The summed E-state index contributed by atoms with van der Waals surface area (Å²) in [6.45, 7) is 13.5. The highest BCUT2D eigenvalue weighted by Gasteiger charge is 2.33. The van der Waals surface area contributed by atoms with Crippen molar-refractivity contribution in [2.45, 2.75) is 78.3 Å². The Labute approximate surface area is 117 Å². The molecule has 1 N–H and O–H groups in total. The second-order valence-corrected chi connectivity index (χ2v) is 6.07. The van der Waals surface area contributed by atoms with Crippen LogP contribution in [0.2, 0.25) is 0 Å². The van der Waals surface area contributed by atoms with Gasteiger partial charge in [0.25, 0.3) is 0 Å². The van der Waals surface area contributed by atoms with Crippen LogP contribution in [0.1, 0.15) is 77.0 Å². The average molecular weight is 263 g/mol. The van der Waals surface area contributed by atoms with Crippen LogP contribution >= 0.6 is 0 Å². The van der Waals surface area contributed by atoms with Crippen molar-refractivity contribution in [3.05, 3.63) is 17.2 Å². The minimum atomic E-state index is 0.261. The van der Waals surface area contributed by atoms with Crippen molar-refractivity contribution < 1.29 is 0 Å². The molecule has 1 aromatic rings. The summed E-state index contributed by atoms with van der Waals surface area (Å²) in [4.78, 5) is 4.96. The van der Waals surface area contributed by atoms with Gasteiger partial charge < -0.3 is 9.88 Å². The van der Waals surface area contributed by atoms with E-state index in [4.69, 9.17) is 4.98 Å². The smallest absolute Gasteiger partial charge is 0.112 e. The van der Waals surface area contributed by atoms with Crippen LogP contribution in [0.4, 0.5) is 0 Å². The maximum Gasteiger partial charge on any atom is 0.112 e. The Morgan fingerprint density at radius 3 is 2.37 bits per heavy atom. The number of hydrogen-bond donors (Lipinski definition) is 1. The van der Waals surface area contributed by atoms with Gasteiger partial charge in [-0.2, -0.15) is 0 Å². The number of fused-ring (bicyclic) bond motifs is 1. The number of nitrogens with one attached hydrogen (secondary N) is 1. The fraction of sp³-hybridized carbons (Fsp3) is 0.812. The fourth-order valence-corrected chi connectivity index (χ4v) is 3.47. The zero-order valence-electron chi connectivity index (χ0n) is 13.2. The van der Waals surface area contributed by atoms with E-state index in [1.54, 1.807) is 0 Å². The molecule has 1 aliphatic rings. The maximum atomic E-state index is 4.96. The molecule has 2 heterocycles. The summed E-state index contributed by atoms with van der Waals surface area (Å²) in [7, 11) is 0. The highest BCUT2D eigenvalue weighted by atomic mass is 15.2. The lowest BCUT2D eigenvalue weighted by molar-refractivity contribution is 0.233. The minimum absolute atomic E-state index is 0.261. The molecule has 0 aromatic carbocycles. The molecule has 0 unspecified atom stereocenters. The van der Waals surface area contributed by atoms with Crippen LogP contribution in [0.15, 0.2) is 0 Å². The van der Waals surface area contributed by atoms with Crippen LogP contribution in [-0.2, 0) is 18.5 Å². The van der Waals surface area contributed by atoms with E-state index in [-0.39, 0.29) is 5.54 Å². The third-order valence-electron chi connectivity index (χ3n) is 4.88. The molecular formula is C16H29N3. The second kappa shape index (κ2) is 5.66. The van der Waals surface area contributed by atoms with Gasteiger partial charge in [0, 0.05) is 36.7 Å². The Morgan fingerprint density at radius 2 is 1.84 bits per heavy atom. The first-order valence-corrected chi connectivity index (χ1v) is 7.91. The van der Waals surface area contributed by atoms with Gasteiger partial charge in [0.1, 0.15) is 5.82 Å². The van der Waals surface area contributed by atoms with E-state index in [1.807, 2.05) is 0 Å². The summed E-state index contributed by atoms with van der Waals surface area (Å²) in [5.41, 5.74) is 3.04. The molecule has 19 heavy (non-hydrogen) atoms. The van der Waals surface area contributed by atoms with Crippen LogP contribution in [0.3, 0.4) is 0 Å². The van der Waals surface area contributed by atoms with Crippen molar-refractivity contribution >= 4 is 0 Å². The van der Waals surface area contributed by atoms with Gasteiger partial charge in [0.15, 0.2) is 0 Å². The number of imidazole rings is 1. The van der Waals surface area contributed by atoms with Crippen LogP contribution in [0, 0.1) is 0 Å². The molecule has 108 valence electrons. The Morgan fingerprint density at radius 1 is 1.21 bits per heavy atom. The summed E-state index contributed by atoms with van der Waals surface area (Å²) in [6, 6.07) is 0. The number of aromatic nitrogens is 2. The molecule has 0 atom stereocenters. The van der Waals surface area contributed by atoms with Crippen LogP contribution in [0.25, 0.3) is 0 Å². The predicted molar refractivity (Wildman–Crippen MR) is 80.6 cm³/mol. The van der Waals surface area contributed by atoms with E-state index < -0.39 is 0 Å². The molecule has 0 aliphatic carbocycles. The quantitative estimate of drug-likeness (QED) is 0.880. The lowest BCUT2D eigenvalue weighted by atomic mass is 9.88. The zero-order valence-corrected chi connectivity index (χ0v) is 13.2. The molecule has 0 fully saturated rings. The number of rotatable bonds is 5. The molecule has 0 spiro atoms. The van der Waals surface area contributed by atoms with Gasteiger partial charge in [0.2, 0.25) is 0 Å². The van der Waals surface area contributed by atoms with E-state index in [0.29, 0.717) is 5.92 Å². The van der Waals surface area contributed by atoms with Crippen molar-refractivity contribution in [2.75, 3.05) is 6.54 Å². The molecular weight excluding hydrogens is 234 g/mol. The Bertz CT molecular complexity index is 419. The molecule has 1 aromatic heterocycles. The summed E-state index contributed by atoms with van der Waals surface area (Å²) in [5, 5.41) is 3.45. The predicted octanol–water partition coefficient (Wildman–Crippen LogP) is 3.58. The maximum absolute atomic E-state index is 4.96. The van der Waals surface area contributed by atoms with Gasteiger partial charge in [-0.25, -0.2) is 4.98 Å². The van der Waals surface area contributed by atoms with Gasteiger partial charge in [0.05, 0.1) is 5.69 Å². The molecule has 3 nitrogen and oxygen atoms in total. The second-order valence-electron chi connectivity index (χ2n) is 6.07. The average Bonchev–Trinajstić information content (AvgIpc) is 2.82. The number of nitrogens with zero attached hydrogens (tertiary/aromatic N) is 2. The van der Waals surface area contributed by atoms with Gasteiger partial charge in [-0.15, -0.1) is 0 Å². The minimum Gasteiger partial charge on any atom is -0.325 e. The van der Waals surface area contributed by atoms with E-state index in [0.717, 1.165) is 19.5 Å². The van der Waals surface area contributed by atoms with E-state index in [2.05, 4.69) is 44.5 Å². The van der Waals surface area contributed by atoms with Crippen LogP contribution < -0.4 is 5.32 Å². The molecule has 0 amide bonds. The van der Waals surface area contributed by atoms with Crippen molar-refractivity contribution in [1.29, 1.82) is 0 Å². The SMILES string of the molecule is CCC(CC)(CC)n1c(C(C)C)nc2c1CCNC2. The van der Waals surface area contributed by atoms with Gasteiger partial charge in [-0.05, 0) is 19.3 Å². The summed E-state index contributed by atoms with van der Waals surface area (Å²) in [6.07, 6.45) is 4.69. The van der Waals surface area contributed by atoms with Crippen molar-refractivity contribution in [3.63, 3.8) is 0 Å². The normalized spacial score (nSPS) is 15.9. The molecule has 2 rings (SSSR count). The zero-order chi connectivity index (χ0) is 14.0. The van der Waals surface area contributed by atoms with Gasteiger partial charge in [-0.3, -0.25) is 0 Å². The van der Waals surface area contributed by atoms with E-state index in [9.17, 15) is 0 Å². The standard InChI is InChI=1S/C16H29N3/c1-6-16(7-2,8-3)19-14-9-10-17-11-13(14)18-15(19)12(4)5/h12,17H,6-11H2,1-5H3. The summed E-state index contributed by atoms with van der Waals surface area (Å²) in [5.74, 6) is 1.79. The topological polar surface area (TPSA) is 29.9 Å². The molecule has 3 heteroatoms. The largest absolute Gasteiger partial charge is 0.325 e. The van der Waals surface area contributed by atoms with E-state index in [1.165, 1.54) is 36.5 Å². The van der Waals surface area contributed by atoms with Crippen molar-refractivity contribution in [3.8, 4) is 0 Å². The first-order valence-electron chi connectivity index (χ1n) is 7.91. The van der Waals surface area contributed by atoms with Gasteiger partial charge >= 0.3 is 0 Å². The van der Waals surface area contributed by atoms with Crippen molar-refractivity contribution in [1.82, 2.24) is 14.9 Å². The van der Waals surface area contributed by atoms with Gasteiger partial charge in [-0.1, -0.05) is 34.6 Å². The molecule has 1 aliphatic heterocycles. The Hall–Kier alpha value is -0.830. The van der Waals surface area contributed by atoms with Crippen molar-refractivity contribution in [2.24, 2.45) is 0 Å². The highest BCUT2D eigenvalue weighted by molar-refractivity contribution is 5.24. The number of hydrogen-bond acceptors (Lipinski definition) is 2. The van der Waals surface area contributed by atoms with E-state index >= 15 is 0 Å². The van der Waals surface area contributed by atoms with Crippen LogP contribution in [0.5, 0.6) is 0 Å².